The molecule has 0 aromatic carbocycles. The molecule has 6 heteroatoms. The summed E-state index contributed by atoms with van der Waals surface area (Å²) < 4.78 is 0. The van der Waals surface area contributed by atoms with Crippen molar-refractivity contribution in [3.8, 4) is 0 Å². The van der Waals surface area contributed by atoms with Gasteiger partial charge in [-0.3, -0.25) is 22.3 Å². The highest BCUT2D eigenvalue weighted by molar-refractivity contribution is 8.13. The molecule has 8 N–H and O–H groups in total. The van der Waals surface area contributed by atoms with Crippen LogP contribution < -0.4 is 22.3 Å². The molecule has 0 bridgehead atoms. The van der Waals surface area contributed by atoms with Gasteiger partial charge in [0.2, 0.25) is 0 Å². The van der Waals surface area contributed by atoms with Gasteiger partial charge < -0.3 is 0 Å². The fourth-order valence-electron chi connectivity index (χ4n) is 0.938. The molecule has 0 heterocycles. The SMILES string of the molecule is NC(=[NH2+])SCCCCCCSC(N)=[NH2+]. The minimum atomic E-state index is 0.464. The Morgan fingerprint density at radius 1 is 0.786 bits per heavy atom. The van der Waals surface area contributed by atoms with Crippen LogP contribution in [0.15, 0.2) is 0 Å². The molecule has 0 fully saturated rings. The molecule has 82 valence electrons. The number of hydrogen-bond acceptors (Lipinski definition) is 2. The fraction of sp³-hybridized carbons (Fsp3) is 0.750. The smallest absolute Gasteiger partial charge is 0.282 e. The topological polar surface area (TPSA) is 103 Å². The molecule has 0 saturated carbocycles. The molecule has 0 aromatic heterocycles. The lowest BCUT2D eigenvalue weighted by Gasteiger charge is -1.98. The van der Waals surface area contributed by atoms with Crippen molar-refractivity contribution in [1.82, 2.24) is 0 Å². The van der Waals surface area contributed by atoms with Gasteiger partial charge in [0.25, 0.3) is 10.3 Å². The Balaban J connectivity index is 2.99. The molecule has 0 aliphatic heterocycles. The summed E-state index contributed by atoms with van der Waals surface area (Å²) >= 11 is 3.05. The summed E-state index contributed by atoms with van der Waals surface area (Å²) in [4.78, 5) is 0. The number of hydrogen-bond donors (Lipinski definition) is 4. The van der Waals surface area contributed by atoms with Crippen LogP contribution in [0.1, 0.15) is 25.7 Å². The average molecular weight is 236 g/mol. The molecule has 0 spiro atoms. The Labute approximate surface area is 93.6 Å². The predicted molar refractivity (Wildman–Crippen MR) is 65.6 cm³/mol. The van der Waals surface area contributed by atoms with Crippen LogP contribution in [0, 0.1) is 0 Å². The average Bonchev–Trinajstić information content (AvgIpc) is 2.08. The summed E-state index contributed by atoms with van der Waals surface area (Å²) in [7, 11) is 0. The van der Waals surface area contributed by atoms with Crippen LogP contribution >= 0.6 is 23.5 Å². The molecule has 0 unspecified atom stereocenters. The maximum Gasteiger partial charge on any atom is 0.299 e. The highest BCUT2D eigenvalue weighted by Crippen LogP contribution is 2.08. The largest absolute Gasteiger partial charge is 0.299 e. The van der Waals surface area contributed by atoms with Crippen molar-refractivity contribution in [2.75, 3.05) is 11.5 Å². The third kappa shape index (κ3) is 11.6. The van der Waals surface area contributed by atoms with Gasteiger partial charge in [-0.15, -0.1) is 0 Å². The predicted octanol–water partition coefficient (Wildman–Crippen LogP) is -1.84. The molecule has 4 nitrogen and oxygen atoms in total. The summed E-state index contributed by atoms with van der Waals surface area (Å²) in [6.07, 6.45) is 4.75. The van der Waals surface area contributed by atoms with E-state index < -0.39 is 0 Å². The fourth-order valence-corrected chi connectivity index (χ4v) is 2.11. The molecule has 0 aromatic rings. The van der Waals surface area contributed by atoms with Crippen molar-refractivity contribution in [2.45, 2.75) is 25.7 Å². The summed E-state index contributed by atoms with van der Waals surface area (Å²) in [5.41, 5.74) is 10.6. The third-order valence-electron chi connectivity index (χ3n) is 1.58. The number of thioether (sulfide) groups is 2. The standard InChI is InChI=1S/C8H18N4S2/c9-7(10)13-5-3-1-2-4-6-14-8(11)12/h1-6H2,(H3,9,10)(H3,11,12)/p+2. The van der Waals surface area contributed by atoms with E-state index in [0.29, 0.717) is 10.3 Å². The minimum Gasteiger partial charge on any atom is -0.282 e. The van der Waals surface area contributed by atoms with Crippen LogP contribution in [0.5, 0.6) is 0 Å². The monoisotopic (exact) mass is 236 g/mol. The van der Waals surface area contributed by atoms with E-state index in [1.165, 1.54) is 36.4 Å². The van der Waals surface area contributed by atoms with Gasteiger partial charge >= 0.3 is 0 Å². The van der Waals surface area contributed by atoms with E-state index in [2.05, 4.69) is 0 Å². The van der Waals surface area contributed by atoms with E-state index in [4.69, 9.17) is 22.3 Å². The quantitative estimate of drug-likeness (QED) is 0.237. The van der Waals surface area contributed by atoms with Gasteiger partial charge in [-0.05, 0) is 36.4 Å². The number of rotatable bonds is 7. The third-order valence-corrected chi connectivity index (χ3v) is 3.23. The van der Waals surface area contributed by atoms with E-state index in [1.807, 2.05) is 0 Å². The molecule has 0 aliphatic carbocycles. The lowest BCUT2D eigenvalue weighted by atomic mass is 10.2. The van der Waals surface area contributed by atoms with Crippen molar-refractivity contribution in [2.24, 2.45) is 11.5 Å². The van der Waals surface area contributed by atoms with Crippen LogP contribution in [0.4, 0.5) is 0 Å². The highest BCUT2D eigenvalue weighted by Gasteiger charge is 1.98. The molecule has 0 rings (SSSR count). The Morgan fingerprint density at radius 2 is 1.14 bits per heavy atom. The Morgan fingerprint density at radius 3 is 1.43 bits per heavy atom. The lowest BCUT2D eigenvalue weighted by molar-refractivity contribution is -0.110. The number of unbranched alkanes of at least 4 members (excludes halogenated alkanes) is 3. The minimum absolute atomic E-state index is 0.464. The molecule has 0 radical (unpaired) electrons. The maximum atomic E-state index is 5.31. The van der Waals surface area contributed by atoms with Crippen LogP contribution in [-0.2, 0) is 0 Å². The van der Waals surface area contributed by atoms with Gasteiger partial charge in [0.1, 0.15) is 0 Å². The van der Waals surface area contributed by atoms with Crippen LogP contribution in [0.3, 0.4) is 0 Å². The number of amidine groups is 2. The van der Waals surface area contributed by atoms with Crippen molar-refractivity contribution in [1.29, 1.82) is 0 Å². The second kappa shape index (κ2) is 9.21. The van der Waals surface area contributed by atoms with Crippen LogP contribution in [-0.4, -0.2) is 21.8 Å². The molecule has 0 saturated heterocycles. The van der Waals surface area contributed by atoms with E-state index in [1.54, 1.807) is 0 Å². The van der Waals surface area contributed by atoms with Crippen molar-refractivity contribution in [3.05, 3.63) is 0 Å². The van der Waals surface area contributed by atoms with E-state index >= 15 is 0 Å². The summed E-state index contributed by atoms with van der Waals surface area (Å²) in [6.45, 7) is 0. The van der Waals surface area contributed by atoms with Gasteiger partial charge in [-0.1, -0.05) is 12.8 Å². The second-order valence-electron chi connectivity index (χ2n) is 2.92. The van der Waals surface area contributed by atoms with Crippen molar-refractivity contribution >= 4 is 33.9 Å². The van der Waals surface area contributed by atoms with E-state index in [0.717, 1.165) is 24.3 Å². The Hall–Kier alpha value is -0.360. The van der Waals surface area contributed by atoms with E-state index in [9.17, 15) is 0 Å². The van der Waals surface area contributed by atoms with Gasteiger partial charge in [-0.25, -0.2) is 0 Å². The zero-order valence-corrected chi connectivity index (χ0v) is 10.0. The lowest BCUT2D eigenvalue weighted by Crippen LogP contribution is -2.43. The van der Waals surface area contributed by atoms with Crippen LogP contribution in [0.2, 0.25) is 0 Å². The summed E-state index contributed by atoms with van der Waals surface area (Å²) in [6, 6.07) is 0. The molecule has 0 aliphatic rings. The molecule has 0 atom stereocenters. The van der Waals surface area contributed by atoms with Crippen molar-refractivity contribution < 1.29 is 10.8 Å². The van der Waals surface area contributed by atoms with Gasteiger partial charge in [0.05, 0.1) is 0 Å². The maximum absolute atomic E-state index is 5.31. The van der Waals surface area contributed by atoms with Gasteiger partial charge in [0.15, 0.2) is 0 Å². The van der Waals surface area contributed by atoms with Gasteiger partial charge in [-0.2, -0.15) is 0 Å². The van der Waals surface area contributed by atoms with Crippen LogP contribution in [0.25, 0.3) is 0 Å². The first kappa shape index (κ1) is 13.6. The van der Waals surface area contributed by atoms with Gasteiger partial charge in [0, 0.05) is 11.5 Å². The first-order chi connectivity index (χ1) is 6.63. The Bertz CT molecular complexity index is 164. The first-order valence-corrected chi connectivity index (χ1v) is 6.61. The highest BCUT2D eigenvalue weighted by atomic mass is 32.2. The number of nitrogens with two attached hydrogens (primary N) is 4. The summed E-state index contributed by atoms with van der Waals surface area (Å²) in [5, 5.41) is 11.6. The van der Waals surface area contributed by atoms with Crippen molar-refractivity contribution in [3.63, 3.8) is 0 Å². The second-order valence-corrected chi connectivity index (χ2v) is 5.25. The molecule has 0 amide bonds. The zero-order valence-electron chi connectivity index (χ0n) is 8.37. The first-order valence-electron chi connectivity index (χ1n) is 4.64. The molecular formula is C8H20N4S2+2. The summed E-state index contributed by atoms with van der Waals surface area (Å²) in [5.74, 6) is 2.03. The Kier molecular flexibility index (Phi) is 8.97. The zero-order chi connectivity index (χ0) is 10.8. The van der Waals surface area contributed by atoms with E-state index in [-0.39, 0.29) is 0 Å². The molecule has 14 heavy (non-hydrogen) atoms. The normalized spacial score (nSPS) is 10.0. The molecular weight excluding hydrogens is 216 g/mol.